The first kappa shape index (κ1) is 19.7. The maximum absolute atomic E-state index is 12.6. The number of hydrogen-bond donors (Lipinski definition) is 1. The van der Waals surface area contributed by atoms with Crippen molar-refractivity contribution in [1.29, 1.82) is 0 Å². The Morgan fingerprint density at radius 3 is 2.81 bits per heavy atom. The van der Waals surface area contributed by atoms with Crippen molar-refractivity contribution in [3.05, 3.63) is 35.9 Å². The zero-order valence-corrected chi connectivity index (χ0v) is 16.3. The maximum Gasteiger partial charge on any atom is 0.317 e. The third-order valence-corrected chi connectivity index (χ3v) is 5.79. The van der Waals surface area contributed by atoms with Crippen LogP contribution in [0.3, 0.4) is 0 Å². The van der Waals surface area contributed by atoms with E-state index in [1.807, 2.05) is 28.0 Å². The zero-order chi connectivity index (χ0) is 19.1. The molecule has 1 N–H and O–H groups in total. The highest BCUT2D eigenvalue weighted by Gasteiger charge is 2.42. The highest BCUT2D eigenvalue weighted by molar-refractivity contribution is 5.77. The second kappa shape index (κ2) is 9.22. The molecule has 2 saturated heterocycles. The third-order valence-electron chi connectivity index (χ3n) is 5.79. The summed E-state index contributed by atoms with van der Waals surface area (Å²) in [4.78, 5) is 28.7. The molecule has 0 aliphatic carbocycles. The van der Waals surface area contributed by atoms with Gasteiger partial charge in [-0.2, -0.15) is 0 Å². The van der Waals surface area contributed by atoms with Crippen molar-refractivity contribution in [1.82, 2.24) is 15.1 Å². The van der Waals surface area contributed by atoms with Gasteiger partial charge in [0.2, 0.25) is 5.91 Å². The Morgan fingerprint density at radius 1 is 1.22 bits per heavy atom. The molecule has 0 aromatic heterocycles. The van der Waals surface area contributed by atoms with Crippen molar-refractivity contribution in [3.63, 3.8) is 0 Å². The standard InChI is InChI=1S/C21H31N3O3/c1-27-15-14-23-16-21(11-8-19(23)25)10-5-13-24(17-21)20(26)22-12-9-18-6-3-2-4-7-18/h2-4,6-7H,5,8-17H2,1H3,(H,22,26). The highest BCUT2D eigenvalue weighted by Crippen LogP contribution is 2.38. The molecular weight excluding hydrogens is 342 g/mol. The summed E-state index contributed by atoms with van der Waals surface area (Å²) in [5, 5.41) is 3.06. The summed E-state index contributed by atoms with van der Waals surface area (Å²) in [6.07, 6.45) is 4.37. The molecule has 148 valence electrons. The molecule has 1 aromatic carbocycles. The lowest BCUT2D eigenvalue weighted by atomic mass is 9.73. The summed E-state index contributed by atoms with van der Waals surface area (Å²) in [7, 11) is 1.66. The summed E-state index contributed by atoms with van der Waals surface area (Å²) in [6.45, 7) is 4.12. The summed E-state index contributed by atoms with van der Waals surface area (Å²) in [5.74, 6) is 0.210. The number of carbonyl (C=O) groups excluding carboxylic acids is 2. The number of carbonyl (C=O) groups is 2. The molecule has 2 fully saturated rings. The summed E-state index contributed by atoms with van der Waals surface area (Å²) in [6, 6.07) is 10.2. The minimum Gasteiger partial charge on any atom is -0.383 e. The van der Waals surface area contributed by atoms with Crippen LogP contribution < -0.4 is 5.32 Å². The van der Waals surface area contributed by atoms with E-state index in [4.69, 9.17) is 4.74 Å². The van der Waals surface area contributed by atoms with Gasteiger partial charge in [0.25, 0.3) is 0 Å². The minimum absolute atomic E-state index is 0.0188. The van der Waals surface area contributed by atoms with Crippen LogP contribution >= 0.6 is 0 Å². The van der Waals surface area contributed by atoms with E-state index in [2.05, 4.69) is 17.4 Å². The summed E-state index contributed by atoms with van der Waals surface area (Å²) < 4.78 is 5.14. The van der Waals surface area contributed by atoms with E-state index in [1.54, 1.807) is 7.11 Å². The van der Waals surface area contributed by atoms with Crippen LogP contribution in [0.5, 0.6) is 0 Å². The first-order valence-electron chi connectivity index (χ1n) is 9.95. The predicted molar refractivity (Wildman–Crippen MR) is 104 cm³/mol. The number of amides is 3. The van der Waals surface area contributed by atoms with Gasteiger partial charge in [0, 0.05) is 51.7 Å². The number of nitrogens with one attached hydrogen (secondary N) is 1. The molecule has 6 heteroatoms. The molecule has 1 atom stereocenters. The van der Waals surface area contributed by atoms with Crippen molar-refractivity contribution in [2.45, 2.75) is 32.1 Å². The monoisotopic (exact) mass is 373 g/mol. The second-order valence-corrected chi connectivity index (χ2v) is 7.80. The lowest BCUT2D eigenvalue weighted by molar-refractivity contribution is -0.139. The van der Waals surface area contributed by atoms with E-state index < -0.39 is 0 Å². The Hall–Kier alpha value is -2.08. The van der Waals surface area contributed by atoms with Gasteiger partial charge in [0.15, 0.2) is 0 Å². The molecule has 2 aliphatic heterocycles. The lowest BCUT2D eigenvalue weighted by Crippen LogP contribution is -2.57. The molecule has 1 spiro atoms. The summed E-state index contributed by atoms with van der Waals surface area (Å²) in [5.41, 5.74) is 1.27. The van der Waals surface area contributed by atoms with Gasteiger partial charge in [0.05, 0.1) is 6.61 Å². The van der Waals surface area contributed by atoms with Crippen LogP contribution in [0.1, 0.15) is 31.2 Å². The van der Waals surface area contributed by atoms with Gasteiger partial charge in [-0.15, -0.1) is 0 Å². The Morgan fingerprint density at radius 2 is 2.04 bits per heavy atom. The van der Waals surface area contributed by atoms with Gasteiger partial charge in [-0.05, 0) is 31.2 Å². The molecule has 0 saturated carbocycles. The molecular formula is C21H31N3O3. The molecule has 0 bridgehead atoms. The van der Waals surface area contributed by atoms with Crippen LogP contribution in [-0.2, 0) is 16.0 Å². The Bertz CT molecular complexity index is 637. The highest BCUT2D eigenvalue weighted by atomic mass is 16.5. The fourth-order valence-electron chi connectivity index (χ4n) is 4.29. The third kappa shape index (κ3) is 5.22. The first-order valence-corrected chi connectivity index (χ1v) is 9.95. The van der Waals surface area contributed by atoms with Crippen molar-refractivity contribution >= 4 is 11.9 Å². The number of piperidine rings is 2. The van der Waals surface area contributed by atoms with Gasteiger partial charge in [-0.25, -0.2) is 4.79 Å². The number of ether oxygens (including phenoxy) is 1. The van der Waals surface area contributed by atoms with E-state index >= 15 is 0 Å². The largest absolute Gasteiger partial charge is 0.383 e. The number of methoxy groups -OCH3 is 1. The van der Waals surface area contributed by atoms with Gasteiger partial charge in [-0.3, -0.25) is 4.79 Å². The fourth-order valence-corrected chi connectivity index (χ4v) is 4.29. The van der Waals surface area contributed by atoms with Crippen molar-refractivity contribution in [3.8, 4) is 0 Å². The summed E-state index contributed by atoms with van der Waals surface area (Å²) >= 11 is 0. The van der Waals surface area contributed by atoms with Crippen molar-refractivity contribution in [2.24, 2.45) is 5.41 Å². The smallest absolute Gasteiger partial charge is 0.317 e. The average molecular weight is 373 g/mol. The van der Waals surface area contributed by atoms with Gasteiger partial charge < -0.3 is 19.9 Å². The van der Waals surface area contributed by atoms with Gasteiger partial charge in [-0.1, -0.05) is 30.3 Å². The minimum atomic E-state index is 0.0188. The molecule has 27 heavy (non-hydrogen) atoms. The van der Waals surface area contributed by atoms with Crippen LogP contribution in [0.15, 0.2) is 30.3 Å². The fraction of sp³-hybridized carbons (Fsp3) is 0.619. The molecule has 2 aliphatic rings. The predicted octanol–water partition coefficient (Wildman–Crippen LogP) is 2.29. The van der Waals surface area contributed by atoms with E-state index in [1.165, 1.54) is 5.56 Å². The van der Waals surface area contributed by atoms with Crippen molar-refractivity contribution in [2.75, 3.05) is 46.4 Å². The normalized spacial score (nSPS) is 22.9. The second-order valence-electron chi connectivity index (χ2n) is 7.80. The topological polar surface area (TPSA) is 61.9 Å². The molecule has 3 rings (SSSR count). The Balaban J connectivity index is 1.52. The quantitative estimate of drug-likeness (QED) is 0.832. The van der Waals surface area contributed by atoms with E-state index in [0.717, 1.165) is 45.3 Å². The molecule has 1 unspecified atom stereocenters. The molecule has 3 amide bonds. The van der Waals surface area contributed by atoms with Gasteiger partial charge in [0.1, 0.15) is 0 Å². The number of hydrogen-bond acceptors (Lipinski definition) is 3. The first-order chi connectivity index (χ1) is 13.1. The number of nitrogens with zero attached hydrogens (tertiary/aromatic N) is 2. The number of benzene rings is 1. The Kier molecular flexibility index (Phi) is 6.72. The van der Waals surface area contributed by atoms with Crippen molar-refractivity contribution < 1.29 is 14.3 Å². The van der Waals surface area contributed by atoms with Crippen LogP contribution in [0.4, 0.5) is 4.79 Å². The molecule has 0 radical (unpaired) electrons. The van der Waals surface area contributed by atoms with E-state index in [9.17, 15) is 9.59 Å². The van der Waals surface area contributed by atoms with Crippen LogP contribution in [0.25, 0.3) is 0 Å². The molecule has 2 heterocycles. The van der Waals surface area contributed by atoms with Crippen LogP contribution in [0, 0.1) is 5.41 Å². The Labute approximate surface area is 161 Å². The zero-order valence-electron chi connectivity index (χ0n) is 16.3. The van der Waals surface area contributed by atoms with Crippen LogP contribution in [0.2, 0.25) is 0 Å². The van der Waals surface area contributed by atoms with Crippen LogP contribution in [-0.4, -0.2) is 68.2 Å². The van der Waals surface area contributed by atoms with Gasteiger partial charge >= 0.3 is 6.03 Å². The number of rotatable bonds is 6. The number of likely N-dealkylation sites (tertiary alicyclic amines) is 2. The van der Waals surface area contributed by atoms with E-state index in [0.29, 0.717) is 26.1 Å². The number of urea groups is 1. The molecule has 1 aromatic rings. The average Bonchev–Trinajstić information content (AvgIpc) is 2.70. The van der Waals surface area contributed by atoms with E-state index in [-0.39, 0.29) is 17.4 Å². The lowest BCUT2D eigenvalue weighted by Gasteiger charge is -2.48. The molecule has 6 nitrogen and oxygen atoms in total. The SMILES string of the molecule is COCCN1CC2(CCCN(C(=O)NCCc3ccccc3)C2)CCC1=O. The maximum atomic E-state index is 12.6.